The summed E-state index contributed by atoms with van der Waals surface area (Å²) in [5, 5.41) is 6.12. The summed E-state index contributed by atoms with van der Waals surface area (Å²) in [4.78, 5) is 23.6. The summed E-state index contributed by atoms with van der Waals surface area (Å²) < 4.78 is 31.1. The first kappa shape index (κ1) is 18.8. The van der Waals surface area contributed by atoms with Crippen LogP contribution in [0.1, 0.15) is 19.3 Å². The van der Waals surface area contributed by atoms with E-state index in [-0.39, 0.29) is 22.1 Å². The molecule has 142 valence electrons. The highest BCUT2D eigenvalue weighted by atomic mass is 32.2. The Balaban J connectivity index is 1.64. The van der Waals surface area contributed by atoms with E-state index in [0.29, 0.717) is 5.69 Å². The maximum Gasteiger partial charge on any atom is 0.320 e. The molecule has 0 radical (unpaired) electrons. The van der Waals surface area contributed by atoms with Gasteiger partial charge in [0, 0.05) is 11.6 Å². The van der Waals surface area contributed by atoms with Crippen molar-refractivity contribution in [3.05, 3.63) is 24.3 Å². The number of carbonyl (C=O) groups excluding carboxylic acids is 2. The van der Waals surface area contributed by atoms with Gasteiger partial charge in [-0.3, -0.25) is 9.59 Å². The minimum atomic E-state index is -3.87. The number of anilines is 1. The number of methoxy groups -OCH3 is 1. The quantitative estimate of drug-likeness (QED) is 0.617. The summed E-state index contributed by atoms with van der Waals surface area (Å²) in [5.74, 6) is -0.759. The number of carbonyl (C=O) groups is 2. The summed E-state index contributed by atoms with van der Waals surface area (Å²) >= 11 is 0. The number of hydrogen-bond donors (Lipinski definition) is 3. The summed E-state index contributed by atoms with van der Waals surface area (Å²) in [6, 6.07) is 5.99. The second-order valence-corrected chi connectivity index (χ2v) is 8.55. The number of rotatable bonds is 6. The zero-order chi connectivity index (χ0) is 18.8. The van der Waals surface area contributed by atoms with E-state index in [2.05, 4.69) is 20.1 Å². The van der Waals surface area contributed by atoms with Crippen molar-refractivity contribution < 1.29 is 22.7 Å². The standard InChI is InChI=1S/C17H23N3O5S/c1-25-15(21)11-19-26(23,24)13-4-2-3-12(9-13)20-16(22)14-10-17(14)5-7-18-8-6-17/h2-4,9,14,18-19H,5-8,10-11H2,1H3,(H,20,22). The molecule has 2 aliphatic rings. The van der Waals surface area contributed by atoms with E-state index >= 15 is 0 Å². The number of sulfonamides is 1. The first-order valence-corrected chi connectivity index (χ1v) is 10.0. The second kappa shape index (κ2) is 7.34. The number of piperidine rings is 1. The lowest BCUT2D eigenvalue weighted by Gasteiger charge is -2.23. The van der Waals surface area contributed by atoms with Gasteiger partial charge in [-0.25, -0.2) is 8.42 Å². The van der Waals surface area contributed by atoms with Crippen LogP contribution in [-0.4, -0.2) is 47.0 Å². The van der Waals surface area contributed by atoms with Crippen molar-refractivity contribution in [2.45, 2.75) is 24.2 Å². The number of esters is 1. The summed E-state index contributed by atoms with van der Waals surface area (Å²) in [6.07, 6.45) is 2.88. The third kappa shape index (κ3) is 4.05. The molecular weight excluding hydrogens is 358 g/mol. The third-order valence-corrected chi connectivity index (χ3v) is 6.55. The fourth-order valence-corrected chi connectivity index (χ4v) is 4.49. The predicted molar refractivity (Wildman–Crippen MR) is 94.9 cm³/mol. The zero-order valence-electron chi connectivity index (χ0n) is 14.6. The maximum absolute atomic E-state index is 12.5. The van der Waals surface area contributed by atoms with E-state index in [1.807, 2.05) is 0 Å². The van der Waals surface area contributed by atoms with Crippen LogP contribution in [0, 0.1) is 11.3 Å². The third-order valence-electron chi connectivity index (χ3n) is 5.15. The Hall–Kier alpha value is -1.97. The summed E-state index contributed by atoms with van der Waals surface area (Å²) in [6.45, 7) is 1.42. The van der Waals surface area contributed by atoms with Gasteiger partial charge >= 0.3 is 5.97 Å². The van der Waals surface area contributed by atoms with Gasteiger partial charge in [-0.15, -0.1) is 0 Å². The van der Waals surface area contributed by atoms with Gasteiger partial charge in [0.1, 0.15) is 6.54 Å². The Morgan fingerprint density at radius 1 is 1.31 bits per heavy atom. The van der Waals surface area contributed by atoms with Crippen molar-refractivity contribution in [3.63, 3.8) is 0 Å². The lowest BCUT2D eigenvalue weighted by Crippen LogP contribution is -2.31. The highest BCUT2D eigenvalue weighted by Crippen LogP contribution is 2.58. The van der Waals surface area contributed by atoms with Crippen molar-refractivity contribution >= 4 is 27.6 Å². The van der Waals surface area contributed by atoms with E-state index in [1.54, 1.807) is 12.1 Å². The fraction of sp³-hybridized carbons (Fsp3) is 0.529. The van der Waals surface area contributed by atoms with Gasteiger partial charge in [0.15, 0.2) is 0 Å². The molecule has 26 heavy (non-hydrogen) atoms. The van der Waals surface area contributed by atoms with Crippen molar-refractivity contribution in [2.24, 2.45) is 11.3 Å². The molecule has 8 nitrogen and oxygen atoms in total. The highest BCUT2D eigenvalue weighted by molar-refractivity contribution is 7.89. The molecule has 9 heteroatoms. The molecular formula is C17H23N3O5S. The fourth-order valence-electron chi connectivity index (χ4n) is 3.48. The lowest BCUT2D eigenvalue weighted by molar-refractivity contribution is -0.139. The molecule has 1 amide bonds. The number of benzene rings is 1. The topological polar surface area (TPSA) is 114 Å². The van der Waals surface area contributed by atoms with E-state index < -0.39 is 22.5 Å². The Bertz CT molecular complexity index is 802. The average Bonchev–Trinajstić information content (AvgIpc) is 3.33. The average molecular weight is 381 g/mol. The first-order chi connectivity index (χ1) is 12.4. The van der Waals surface area contributed by atoms with Crippen LogP contribution in [0.3, 0.4) is 0 Å². The number of ether oxygens (including phenoxy) is 1. The molecule has 1 spiro atoms. The van der Waals surface area contributed by atoms with Gasteiger partial charge in [0.25, 0.3) is 0 Å². The molecule has 1 aliphatic heterocycles. The van der Waals surface area contributed by atoms with Crippen molar-refractivity contribution in [1.82, 2.24) is 10.0 Å². The van der Waals surface area contributed by atoms with Gasteiger partial charge in [-0.05, 0) is 56.0 Å². The molecule has 1 saturated carbocycles. The smallest absolute Gasteiger partial charge is 0.320 e. The number of nitrogens with one attached hydrogen (secondary N) is 3. The minimum Gasteiger partial charge on any atom is -0.468 e. The Kier molecular flexibility index (Phi) is 5.31. The monoisotopic (exact) mass is 381 g/mol. The Morgan fingerprint density at radius 3 is 2.73 bits per heavy atom. The van der Waals surface area contributed by atoms with E-state index in [1.165, 1.54) is 19.2 Å². The molecule has 1 aromatic carbocycles. The second-order valence-electron chi connectivity index (χ2n) is 6.79. The van der Waals surface area contributed by atoms with Crippen LogP contribution in [-0.2, 0) is 24.3 Å². The lowest BCUT2D eigenvalue weighted by atomic mass is 9.92. The van der Waals surface area contributed by atoms with Crippen LogP contribution in [0.5, 0.6) is 0 Å². The van der Waals surface area contributed by atoms with Gasteiger partial charge < -0.3 is 15.4 Å². The highest BCUT2D eigenvalue weighted by Gasteiger charge is 2.57. The summed E-state index contributed by atoms with van der Waals surface area (Å²) in [7, 11) is -2.69. The van der Waals surface area contributed by atoms with Crippen LogP contribution in [0.2, 0.25) is 0 Å². The molecule has 1 aromatic rings. The van der Waals surface area contributed by atoms with Crippen molar-refractivity contribution in [1.29, 1.82) is 0 Å². The minimum absolute atomic E-state index is 0.0117. The molecule has 1 heterocycles. The Morgan fingerprint density at radius 2 is 2.04 bits per heavy atom. The van der Waals surface area contributed by atoms with Crippen molar-refractivity contribution in [3.8, 4) is 0 Å². The van der Waals surface area contributed by atoms with E-state index in [9.17, 15) is 18.0 Å². The van der Waals surface area contributed by atoms with Gasteiger partial charge in [0.2, 0.25) is 15.9 Å². The van der Waals surface area contributed by atoms with Crippen LogP contribution < -0.4 is 15.4 Å². The van der Waals surface area contributed by atoms with Crippen molar-refractivity contribution in [2.75, 3.05) is 32.1 Å². The van der Waals surface area contributed by atoms with Gasteiger partial charge in [-0.2, -0.15) is 4.72 Å². The molecule has 3 rings (SSSR count). The largest absolute Gasteiger partial charge is 0.468 e. The molecule has 1 unspecified atom stereocenters. The Labute approximate surface area is 152 Å². The summed E-state index contributed by atoms with van der Waals surface area (Å²) in [5.41, 5.74) is 0.535. The molecule has 1 atom stereocenters. The molecule has 1 saturated heterocycles. The van der Waals surface area contributed by atoms with E-state index in [0.717, 1.165) is 32.4 Å². The van der Waals surface area contributed by atoms with E-state index in [4.69, 9.17) is 0 Å². The van der Waals surface area contributed by atoms with Gasteiger partial charge in [-0.1, -0.05) is 6.07 Å². The van der Waals surface area contributed by atoms with Crippen LogP contribution in [0.15, 0.2) is 29.2 Å². The predicted octanol–water partition coefficient (Wildman–Crippen LogP) is 0.466. The molecule has 0 aromatic heterocycles. The molecule has 3 N–H and O–H groups in total. The molecule has 2 fully saturated rings. The maximum atomic E-state index is 12.5. The van der Waals surface area contributed by atoms with Gasteiger partial charge in [0.05, 0.1) is 12.0 Å². The number of amides is 1. The normalized spacial score (nSPS) is 21.2. The van der Waals surface area contributed by atoms with Crippen LogP contribution in [0.25, 0.3) is 0 Å². The van der Waals surface area contributed by atoms with Crippen LogP contribution >= 0.6 is 0 Å². The zero-order valence-corrected chi connectivity index (χ0v) is 15.4. The first-order valence-electron chi connectivity index (χ1n) is 8.54. The molecule has 1 aliphatic carbocycles. The number of hydrogen-bond acceptors (Lipinski definition) is 6. The SMILES string of the molecule is COC(=O)CNS(=O)(=O)c1cccc(NC(=O)C2CC23CCNCC3)c1. The van der Waals surface area contributed by atoms with Crippen LogP contribution in [0.4, 0.5) is 5.69 Å². The molecule has 0 bridgehead atoms.